The molecule has 8 heteroatoms. The molecule has 8 nitrogen and oxygen atoms in total. The van der Waals surface area contributed by atoms with Crippen molar-refractivity contribution in [1.29, 1.82) is 0 Å². The van der Waals surface area contributed by atoms with E-state index in [1.54, 1.807) is 17.9 Å². The van der Waals surface area contributed by atoms with E-state index in [9.17, 15) is 9.59 Å². The Hall–Kier alpha value is -3.55. The molecule has 3 aromatic rings. The molecule has 0 bridgehead atoms. The van der Waals surface area contributed by atoms with Gasteiger partial charge in [0.15, 0.2) is 5.82 Å². The van der Waals surface area contributed by atoms with Gasteiger partial charge in [0.05, 0.1) is 11.4 Å². The van der Waals surface area contributed by atoms with Crippen LogP contribution in [-0.4, -0.2) is 57.0 Å². The maximum atomic E-state index is 13.2. The number of carbonyl (C=O) groups excluding carboxylic acids is 1. The number of aryl methyl sites for hydroxylation is 1. The Kier molecular flexibility index (Phi) is 5.66. The van der Waals surface area contributed by atoms with Crippen LogP contribution in [0.3, 0.4) is 0 Å². The zero-order valence-electron chi connectivity index (χ0n) is 19.0. The maximum absolute atomic E-state index is 13.2. The SMILES string of the molecule is Cc1ccc(-c2ccc(=O)n(C(C)C(=O)N3CCN(c4ccc(C5CC5)nn4)CC3)n2)cc1. The quantitative estimate of drug-likeness (QED) is 0.602. The van der Waals surface area contributed by atoms with Gasteiger partial charge in [-0.1, -0.05) is 29.8 Å². The third-order valence-electron chi connectivity index (χ3n) is 6.48. The van der Waals surface area contributed by atoms with Crippen molar-refractivity contribution in [2.45, 2.75) is 38.6 Å². The van der Waals surface area contributed by atoms with Crippen molar-refractivity contribution in [3.63, 3.8) is 0 Å². The molecule has 33 heavy (non-hydrogen) atoms. The Morgan fingerprint density at radius 1 is 0.939 bits per heavy atom. The summed E-state index contributed by atoms with van der Waals surface area (Å²) < 4.78 is 1.30. The third kappa shape index (κ3) is 4.51. The highest BCUT2D eigenvalue weighted by Gasteiger charge is 2.29. The molecular formula is C25H28N6O2. The van der Waals surface area contributed by atoms with E-state index in [4.69, 9.17) is 0 Å². The van der Waals surface area contributed by atoms with Crippen molar-refractivity contribution in [1.82, 2.24) is 24.9 Å². The van der Waals surface area contributed by atoms with Gasteiger partial charge in [0.1, 0.15) is 6.04 Å². The molecule has 2 fully saturated rings. The van der Waals surface area contributed by atoms with E-state index in [1.165, 1.54) is 23.6 Å². The highest BCUT2D eigenvalue weighted by Crippen LogP contribution is 2.38. The average Bonchev–Trinajstić information content (AvgIpc) is 3.70. The van der Waals surface area contributed by atoms with Gasteiger partial charge in [-0.05, 0) is 44.9 Å². The van der Waals surface area contributed by atoms with Crippen molar-refractivity contribution in [3.8, 4) is 11.3 Å². The molecular weight excluding hydrogens is 416 g/mol. The van der Waals surface area contributed by atoms with Crippen molar-refractivity contribution in [3.05, 3.63) is 70.1 Å². The summed E-state index contributed by atoms with van der Waals surface area (Å²) in [4.78, 5) is 29.7. The molecule has 1 aliphatic carbocycles. The number of anilines is 1. The van der Waals surface area contributed by atoms with Gasteiger partial charge in [0, 0.05) is 43.7 Å². The van der Waals surface area contributed by atoms with Crippen molar-refractivity contribution in [2.75, 3.05) is 31.1 Å². The Balaban J connectivity index is 1.25. The fraction of sp³-hybridized carbons (Fsp3) is 0.400. The summed E-state index contributed by atoms with van der Waals surface area (Å²) in [6.45, 7) is 6.27. The van der Waals surface area contributed by atoms with E-state index in [0.717, 1.165) is 22.6 Å². The van der Waals surface area contributed by atoms with Crippen molar-refractivity contribution in [2.24, 2.45) is 0 Å². The zero-order chi connectivity index (χ0) is 22.9. The standard InChI is InChI=1S/C25H28N6O2/c1-17-3-5-20(6-4-17)22-10-12-24(32)31(28-22)18(2)25(33)30-15-13-29(14-16-30)23-11-9-21(26-27-23)19-7-8-19/h3-6,9-12,18-19H,7-8,13-16H2,1-2H3. The highest BCUT2D eigenvalue weighted by atomic mass is 16.2. The molecule has 5 rings (SSSR count). The lowest BCUT2D eigenvalue weighted by atomic mass is 10.1. The van der Waals surface area contributed by atoms with Gasteiger partial charge in [-0.3, -0.25) is 9.59 Å². The number of nitrogens with zero attached hydrogens (tertiary/aromatic N) is 6. The Morgan fingerprint density at radius 3 is 2.30 bits per heavy atom. The highest BCUT2D eigenvalue weighted by molar-refractivity contribution is 5.80. The smallest absolute Gasteiger partial charge is 0.267 e. The molecule has 2 aliphatic rings. The van der Waals surface area contributed by atoms with Gasteiger partial charge < -0.3 is 9.80 Å². The largest absolute Gasteiger partial charge is 0.352 e. The first kappa shape index (κ1) is 21.3. The maximum Gasteiger partial charge on any atom is 0.267 e. The fourth-order valence-electron chi connectivity index (χ4n) is 4.21. The number of aromatic nitrogens is 4. The van der Waals surface area contributed by atoms with Gasteiger partial charge in [-0.15, -0.1) is 5.10 Å². The van der Waals surface area contributed by atoms with Gasteiger partial charge in [0.2, 0.25) is 5.91 Å². The number of carbonyl (C=O) groups is 1. The van der Waals surface area contributed by atoms with Crippen molar-refractivity contribution < 1.29 is 4.79 Å². The summed E-state index contributed by atoms with van der Waals surface area (Å²) in [5.74, 6) is 1.34. The number of hydrogen-bond donors (Lipinski definition) is 0. The Bertz CT molecular complexity index is 1190. The van der Waals surface area contributed by atoms with Crippen molar-refractivity contribution >= 4 is 11.7 Å². The average molecular weight is 445 g/mol. The predicted molar refractivity (Wildman–Crippen MR) is 126 cm³/mol. The van der Waals surface area contributed by atoms with E-state index in [-0.39, 0.29) is 11.5 Å². The van der Waals surface area contributed by atoms with Gasteiger partial charge >= 0.3 is 0 Å². The molecule has 0 radical (unpaired) electrons. The molecule has 1 saturated carbocycles. The molecule has 1 unspecified atom stereocenters. The molecule has 0 N–H and O–H groups in total. The minimum Gasteiger partial charge on any atom is -0.352 e. The van der Waals surface area contributed by atoms with Crippen LogP contribution < -0.4 is 10.5 Å². The van der Waals surface area contributed by atoms with Crippen LogP contribution in [0.5, 0.6) is 0 Å². The lowest BCUT2D eigenvalue weighted by molar-refractivity contribution is -0.135. The number of hydrogen-bond acceptors (Lipinski definition) is 6. The number of benzene rings is 1. The van der Waals surface area contributed by atoms with Crippen LogP contribution >= 0.6 is 0 Å². The second-order valence-corrected chi connectivity index (χ2v) is 8.95. The lowest BCUT2D eigenvalue weighted by Crippen LogP contribution is -2.51. The second-order valence-electron chi connectivity index (χ2n) is 8.95. The normalized spacial score (nSPS) is 17.2. The van der Waals surface area contributed by atoms with Crippen LogP contribution in [0.1, 0.15) is 43.0 Å². The van der Waals surface area contributed by atoms with E-state index < -0.39 is 6.04 Å². The number of piperazine rings is 1. The van der Waals surface area contributed by atoms with Crippen LogP contribution in [0, 0.1) is 6.92 Å². The minimum absolute atomic E-state index is 0.0968. The van der Waals surface area contributed by atoms with E-state index in [2.05, 4.69) is 26.3 Å². The summed E-state index contributed by atoms with van der Waals surface area (Å²) in [5.41, 5.74) is 3.53. The number of rotatable bonds is 5. The first-order valence-corrected chi connectivity index (χ1v) is 11.5. The first-order chi connectivity index (χ1) is 16.0. The van der Waals surface area contributed by atoms with Gasteiger partial charge in [0.25, 0.3) is 5.56 Å². The molecule has 0 spiro atoms. The summed E-state index contributed by atoms with van der Waals surface area (Å²) in [7, 11) is 0. The zero-order valence-corrected chi connectivity index (χ0v) is 19.0. The molecule has 1 saturated heterocycles. The summed E-state index contributed by atoms with van der Waals surface area (Å²) in [6.07, 6.45) is 2.41. The monoisotopic (exact) mass is 444 g/mol. The van der Waals surface area contributed by atoms with E-state index >= 15 is 0 Å². The van der Waals surface area contributed by atoms with Gasteiger partial charge in [-0.25, -0.2) is 4.68 Å². The molecule has 2 aromatic heterocycles. The summed E-state index contributed by atoms with van der Waals surface area (Å²) in [6, 6.07) is 14.6. The van der Waals surface area contributed by atoms with Crippen LogP contribution in [-0.2, 0) is 4.79 Å². The molecule has 1 atom stereocenters. The molecule has 1 aliphatic heterocycles. The minimum atomic E-state index is -0.674. The molecule has 1 aromatic carbocycles. The third-order valence-corrected chi connectivity index (χ3v) is 6.48. The lowest BCUT2D eigenvalue weighted by Gasteiger charge is -2.36. The van der Waals surface area contributed by atoms with Crippen LogP contribution in [0.2, 0.25) is 0 Å². The van der Waals surface area contributed by atoms with Gasteiger partial charge in [-0.2, -0.15) is 10.2 Å². The van der Waals surface area contributed by atoms with E-state index in [0.29, 0.717) is 37.8 Å². The van der Waals surface area contributed by atoms with Crippen LogP contribution in [0.4, 0.5) is 5.82 Å². The molecule has 170 valence electrons. The van der Waals surface area contributed by atoms with Crippen LogP contribution in [0.15, 0.2) is 53.3 Å². The summed E-state index contributed by atoms with van der Waals surface area (Å²) >= 11 is 0. The molecule has 3 heterocycles. The Morgan fingerprint density at radius 2 is 1.67 bits per heavy atom. The summed E-state index contributed by atoms with van der Waals surface area (Å²) in [5, 5.41) is 13.3. The fourth-order valence-corrected chi connectivity index (χ4v) is 4.21. The van der Waals surface area contributed by atoms with Crippen LogP contribution in [0.25, 0.3) is 11.3 Å². The first-order valence-electron chi connectivity index (χ1n) is 11.5. The van der Waals surface area contributed by atoms with E-state index in [1.807, 2.05) is 37.3 Å². The Labute approximate surface area is 192 Å². The topological polar surface area (TPSA) is 84.2 Å². The number of amides is 1. The second kappa shape index (κ2) is 8.77. The molecule has 1 amide bonds. The predicted octanol–water partition coefficient (Wildman–Crippen LogP) is 2.80.